The molecule has 0 heterocycles. The Morgan fingerprint density at radius 1 is 0.850 bits per heavy atom. The molecule has 1 N–H and O–H groups in total. The first-order chi connectivity index (χ1) is 9.63. The second kappa shape index (κ2) is 13.2. The number of hydrogen-bond acceptors (Lipinski definition) is 1. The summed E-state index contributed by atoms with van der Waals surface area (Å²) in [6, 6.07) is 0. The smallest absolute Gasteiger partial charge is 0.331 e. The van der Waals surface area contributed by atoms with E-state index in [0.29, 0.717) is 5.57 Å². The fourth-order valence-corrected chi connectivity index (χ4v) is 2.72. The Morgan fingerprint density at radius 3 is 1.80 bits per heavy atom. The highest BCUT2D eigenvalue weighted by Crippen LogP contribution is 2.23. The third kappa shape index (κ3) is 10.1. The van der Waals surface area contributed by atoms with Gasteiger partial charge in [0, 0.05) is 5.57 Å². The predicted octanol–water partition coefficient (Wildman–Crippen LogP) is 5.96. The summed E-state index contributed by atoms with van der Waals surface area (Å²) in [6.45, 7) is 8.09. The van der Waals surface area contributed by atoms with E-state index in [1.54, 1.807) is 0 Å². The Labute approximate surface area is 125 Å². The van der Waals surface area contributed by atoms with Crippen LogP contribution in [0.2, 0.25) is 0 Å². The Morgan fingerprint density at radius 2 is 1.35 bits per heavy atom. The van der Waals surface area contributed by atoms with Crippen LogP contribution in [0.15, 0.2) is 12.2 Å². The molecule has 0 aromatic carbocycles. The Balaban J connectivity index is 3.59. The highest BCUT2D eigenvalue weighted by atomic mass is 16.4. The Hall–Kier alpha value is -0.790. The van der Waals surface area contributed by atoms with Gasteiger partial charge in [-0.2, -0.15) is 0 Å². The van der Waals surface area contributed by atoms with Crippen molar-refractivity contribution < 1.29 is 9.90 Å². The molecule has 0 rings (SSSR count). The van der Waals surface area contributed by atoms with Crippen molar-refractivity contribution in [2.24, 2.45) is 5.92 Å². The summed E-state index contributed by atoms with van der Waals surface area (Å²) in [5.41, 5.74) is 0.409. The van der Waals surface area contributed by atoms with Gasteiger partial charge in [-0.15, -0.1) is 0 Å². The highest BCUT2D eigenvalue weighted by Gasteiger charge is 2.16. The SMILES string of the molecule is C=C(C(=O)O)C(CCC)CCCCCCCCCCC. The van der Waals surface area contributed by atoms with Crippen molar-refractivity contribution in [1.82, 2.24) is 0 Å². The minimum Gasteiger partial charge on any atom is -0.478 e. The monoisotopic (exact) mass is 282 g/mol. The summed E-state index contributed by atoms with van der Waals surface area (Å²) >= 11 is 0. The average molecular weight is 282 g/mol. The van der Waals surface area contributed by atoms with E-state index in [1.807, 2.05) is 0 Å². The van der Waals surface area contributed by atoms with Crippen LogP contribution in [0.4, 0.5) is 0 Å². The van der Waals surface area contributed by atoms with Gasteiger partial charge in [-0.05, 0) is 18.8 Å². The number of unbranched alkanes of at least 4 members (excludes halogenated alkanes) is 8. The van der Waals surface area contributed by atoms with Crippen molar-refractivity contribution in [2.45, 2.75) is 90.9 Å². The lowest BCUT2D eigenvalue weighted by atomic mass is 9.90. The number of hydrogen-bond donors (Lipinski definition) is 1. The quantitative estimate of drug-likeness (QED) is 0.315. The van der Waals surface area contributed by atoms with Crippen molar-refractivity contribution in [2.75, 3.05) is 0 Å². The van der Waals surface area contributed by atoms with Crippen molar-refractivity contribution in [3.8, 4) is 0 Å². The van der Waals surface area contributed by atoms with Crippen LogP contribution in [0, 0.1) is 5.92 Å². The molecule has 0 saturated heterocycles. The first kappa shape index (κ1) is 19.2. The maximum atomic E-state index is 11.0. The second-order valence-corrected chi connectivity index (χ2v) is 5.93. The van der Waals surface area contributed by atoms with Gasteiger partial charge in [0.05, 0.1) is 0 Å². The van der Waals surface area contributed by atoms with Crippen LogP contribution in [0.5, 0.6) is 0 Å². The first-order valence-corrected chi connectivity index (χ1v) is 8.55. The molecule has 0 aromatic heterocycles. The van der Waals surface area contributed by atoms with E-state index < -0.39 is 5.97 Å². The van der Waals surface area contributed by atoms with Gasteiger partial charge in [0.2, 0.25) is 0 Å². The van der Waals surface area contributed by atoms with E-state index >= 15 is 0 Å². The molecule has 0 amide bonds. The van der Waals surface area contributed by atoms with E-state index in [0.717, 1.165) is 25.7 Å². The molecular weight excluding hydrogens is 248 g/mol. The van der Waals surface area contributed by atoms with E-state index in [-0.39, 0.29) is 5.92 Å². The first-order valence-electron chi connectivity index (χ1n) is 8.55. The average Bonchev–Trinajstić information content (AvgIpc) is 2.43. The summed E-state index contributed by atoms with van der Waals surface area (Å²) in [5.74, 6) is -0.638. The van der Waals surface area contributed by atoms with Gasteiger partial charge < -0.3 is 5.11 Å². The summed E-state index contributed by atoms with van der Waals surface area (Å²) in [4.78, 5) is 11.0. The molecule has 0 spiro atoms. The zero-order valence-electron chi connectivity index (χ0n) is 13.6. The largest absolute Gasteiger partial charge is 0.478 e. The molecule has 20 heavy (non-hydrogen) atoms. The van der Waals surface area contributed by atoms with Crippen LogP contribution in [-0.4, -0.2) is 11.1 Å². The molecule has 0 aliphatic heterocycles. The summed E-state index contributed by atoms with van der Waals surface area (Å²) < 4.78 is 0. The lowest BCUT2D eigenvalue weighted by Gasteiger charge is -2.15. The molecule has 0 fully saturated rings. The zero-order valence-corrected chi connectivity index (χ0v) is 13.6. The van der Waals surface area contributed by atoms with Crippen LogP contribution >= 0.6 is 0 Å². The number of carboxylic acid groups (broad SMARTS) is 1. The third-order valence-electron chi connectivity index (χ3n) is 4.06. The molecule has 118 valence electrons. The number of carboxylic acids is 1. The molecule has 0 aliphatic carbocycles. The van der Waals surface area contributed by atoms with Crippen molar-refractivity contribution in [3.05, 3.63) is 12.2 Å². The molecule has 0 aromatic rings. The van der Waals surface area contributed by atoms with Crippen LogP contribution in [0.1, 0.15) is 90.9 Å². The molecule has 2 nitrogen and oxygen atoms in total. The van der Waals surface area contributed by atoms with Crippen LogP contribution in [-0.2, 0) is 4.79 Å². The third-order valence-corrected chi connectivity index (χ3v) is 4.06. The standard InChI is InChI=1S/C18H34O2/c1-4-6-7-8-9-10-11-12-13-15-17(14-5-2)16(3)18(19)20/h17H,3-15H2,1-2H3,(H,19,20). The van der Waals surface area contributed by atoms with E-state index in [4.69, 9.17) is 5.11 Å². The highest BCUT2D eigenvalue weighted by molar-refractivity contribution is 5.86. The minimum absolute atomic E-state index is 0.182. The van der Waals surface area contributed by atoms with Gasteiger partial charge in [0.15, 0.2) is 0 Å². The molecule has 1 atom stereocenters. The minimum atomic E-state index is -0.820. The molecule has 0 radical (unpaired) electrons. The fraction of sp³-hybridized carbons (Fsp3) is 0.833. The Bertz CT molecular complexity index is 258. The summed E-state index contributed by atoms with van der Waals surface area (Å²) in [5, 5.41) is 9.02. The maximum absolute atomic E-state index is 11.0. The molecule has 0 saturated carbocycles. The van der Waals surface area contributed by atoms with Gasteiger partial charge in [0.25, 0.3) is 0 Å². The van der Waals surface area contributed by atoms with Crippen molar-refractivity contribution in [3.63, 3.8) is 0 Å². The molecule has 1 unspecified atom stereocenters. The normalized spacial score (nSPS) is 12.3. The van der Waals surface area contributed by atoms with Gasteiger partial charge >= 0.3 is 5.97 Å². The Kier molecular flexibility index (Phi) is 12.7. The van der Waals surface area contributed by atoms with Gasteiger partial charge in [-0.1, -0.05) is 84.6 Å². The van der Waals surface area contributed by atoms with Crippen molar-refractivity contribution >= 4 is 5.97 Å². The van der Waals surface area contributed by atoms with E-state index in [9.17, 15) is 4.79 Å². The summed E-state index contributed by atoms with van der Waals surface area (Å²) in [7, 11) is 0. The van der Waals surface area contributed by atoms with E-state index in [1.165, 1.54) is 51.4 Å². The number of aliphatic carboxylic acids is 1. The van der Waals surface area contributed by atoms with Crippen LogP contribution in [0.3, 0.4) is 0 Å². The van der Waals surface area contributed by atoms with Crippen LogP contribution in [0.25, 0.3) is 0 Å². The lowest BCUT2D eigenvalue weighted by molar-refractivity contribution is -0.133. The maximum Gasteiger partial charge on any atom is 0.331 e. The van der Waals surface area contributed by atoms with E-state index in [2.05, 4.69) is 20.4 Å². The van der Waals surface area contributed by atoms with Crippen LogP contribution < -0.4 is 0 Å². The molecular formula is C18H34O2. The lowest BCUT2D eigenvalue weighted by Crippen LogP contribution is -2.11. The number of rotatable bonds is 14. The zero-order chi connectivity index (χ0) is 15.2. The second-order valence-electron chi connectivity index (χ2n) is 5.93. The fourth-order valence-electron chi connectivity index (χ4n) is 2.72. The number of carbonyl (C=O) groups is 1. The van der Waals surface area contributed by atoms with Gasteiger partial charge in [-0.3, -0.25) is 0 Å². The van der Waals surface area contributed by atoms with Crippen molar-refractivity contribution in [1.29, 1.82) is 0 Å². The van der Waals surface area contributed by atoms with Gasteiger partial charge in [0.1, 0.15) is 0 Å². The molecule has 2 heteroatoms. The summed E-state index contributed by atoms with van der Waals surface area (Å²) in [6.07, 6.45) is 14.8. The molecule has 0 aliphatic rings. The predicted molar refractivity (Wildman–Crippen MR) is 87.0 cm³/mol. The molecule has 0 bridgehead atoms. The topological polar surface area (TPSA) is 37.3 Å². The van der Waals surface area contributed by atoms with Gasteiger partial charge in [-0.25, -0.2) is 4.79 Å².